The van der Waals surface area contributed by atoms with Crippen LogP contribution in [-0.4, -0.2) is 37.5 Å². The van der Waals surface area contributed by atoms with Crippen LogP contribution in [0.2, 0.25) is 5.02 Å². The number of rotatable bonds is 6. The Morgan fingerprint density at radius 1 is 1.28 bits per heavy atom. The second-order valence-electron chi connectivity index (χ2n) is 7.15. The normalized spacial score (nSPS) is 22.7. The predicted octanol–water partition coefficient (Wildman–Crippen LogP) is 1.88. The molecule has 0 saturated heterocycles. The van der Waals surface area contributed by atoms with Crippen LogP contribution in [0.15, 0.2) is 24.3 Å². The highest BCUT2D eigenvalue weighted by Crippen LogP contribution is 2.23. The molecule has 4 atom stereocenters. The van der Waals surface area contributed by atoms with Gasteiger partial charge in [0.05, 0.1) is 17.8 Å². The van der Waals surface area contributed by atoms with Crippen LogP contribution >= 0.6 is 11.6 Å². The van der Waals surface area contributed by atoms with E-state index in [1.54, 1.807) is 12.1 Å². The summed E-state index contributed by atoms with van der Waals surface area (Å²) in [6.45, 7) is 4.27. The van der Waals surface area contributed by atoms with Gasteiger partial charge in [-0.15, -0.1) is 0 Å². The summed E-state index contributed by atoms with van der Waals surface area (Å²) in [5.41, 5.74) is 0.593. The molecule has 1 aliphatic carbocycles. The van der Waals surface area contributed by atoms with Gasteiger partial charge < -0.3 is 15.5 Å². The number of para-hydroxylation sites is 1. The number of halogens is 1. The summed E-state index contributed by atoms with van der Waals surface area (Å²) in [6, 6.07) is 7.10. The van der Waals surface area contributed by atoms with Crippen LogP contribution in [0, 0.1) is 5.92 Å². The van der Waals surface area contributed by atoms with Gasteiger partial charge in [0.15, 0.2) is 12.6 Å². The maximum absolute atomic E-state index is 12.5. The molecule has 2 amide bonds. The van der Waals surface area contributed by atoms with Crippen LogP contribution in [0.5, 0.6) is 0 Å². The van der Waals surface area contributed by atoms with Gasteiger partial charge in [-0.2, -0.15) is 0 Å². The Morgan fingerprint density at radius 2 is 1.96 bits per heavy atom. The van der Waals surface area contributed by atoms with E-state index < -0.39 is 0 Å². The molecule has 1 aliphatic rings. The zero-order valence-electron chi connectivity index (χ0n) is 15.3. The van der Waals surface area contributed by atoms with Gasteiger partial charge in [-0.25, -0.2) is 0 Å². The Morgan fingerprint density at radius 3 is 2.64 bits per heavy atom. The number of carbonyl (C=O) groups excluding carboxylic acids is 2. The molecule has 5 nitrogen and oxygen atoms in total. The van der Waals surface area contributed by atoms with E-state index in [4.69, 9.17) is 11.6 Å². The van der Waals surface area contributed by atoms with Gasteiger partial charge in [0.1, 0.15) is 0 Å². The molecule has 0 spiro atoms. The fourth-order valence-corrected chi connectivity index (χ4v) is 3.41. The lowest BCUT2D eigenvalue weighted by molar-refractivity contribution is -0.885. The van der Waals surface area contributed by atoms with E-state index >= 15 is 0 Å². The van der Waals surface area contributed by atoms with Crippen LogP contribution < -0.4 is 15.5 Å². The molecule has 3 N–H and O–H groups in total. The Bertz CT molecular complexity index is 608. The van der Waals surface area contributed by atoms with E-state index in [-0.39, 0.29) is 30.4 Å². The lowest BCUT2D eigenvalue weighted by atomic mass is 9.86. The molecule has 2 rings (SSSR count). The molecule has 0 bridgehead atoms. The third-order valence-electron chi connectivity index (χ3n) is 5.16. The first kappa shape index (κ1) is 19.7. The van der Waals surface area contributed by atoms with Crippen LogP contribution in [0.1, 0.15) is 39.5 Å². The topological polar surface area (TPSA) is 62.6 Å². The van der Waals surface area contributed by atoms with Crippen LogP contribution in [0.3, 0.4) is 0 Å². The second kappa shape index (κ2) is 9.20. The van der Waals surface area contributed by atoms with E-state index in [2.05, 4.69) is 17.6 Å². The highest BCUT2D eigenvalue weighted by atomic mass is 35.5. The Labute approximate surface area is 155 Å². The Kier molecular flexibility index (Phi) is 7.26. The van der Waals surface area contributed by atoms with E-state index in [1.807, 2.05) is 26.1 Å². The summed E-state index contributed by atoms with van der Waals surface area (Å²) in [6.07, 6.45) is 4.64. The number of hydrogen-bond acceptors (Lipinski definition) is 2. The van der Waals surface area contributed by atoms with Crippen molar-refractivity contribution in [3.05, 3.63) is 29.3 Å². The number of quaternary nitrogens is 1. The van der Waals surface area contributed by atoms with E-state index in [9.17, 15) is 9.59 Å². The molecule has 1 unspecified atom stereocenters. The first-order valence-corrected chi connectivity index (χ1v) is 9.43. The average Bonchev–Trinajstić information content (AvgIpc) is 2.58. The minimum absolute atomic E-state index is 0.0155. The zero-order chi connectivity index (χ0) is 18.4. The maximum Gasteiger partial charge on any atom is 0.279 e. The third-order valence-corrected chi connectivity index (χ3v) is 5.49. The number of benzene rings is 1. The van der Waals surface area contributed by atoms with E-state index in [0.717, 1.165) is 11.3 Å². The van der Waals surface area contributed by atoms with Crippen molar-refractivity contribution in [1.29, 1.82) is 0 Å². The summed E-state index contributed by atoms with van der Waals surface area (Å²) in [4.78, 5) is 25.6. The third kappa shape index (κ3) is 5.72. The van der Waals surface area contributed by atoms with Gasteiger partial charge in [0, 0.05) is 6.04 Å². The zero-order valence-corrected chi connectivity index (χ0v) is 16.0. The SMILES string of the molecule is C[C@@H]1CCCC[C@H]1NC(=O)[C@@H](C)[NH+](C)CC(=O)Nc1ccccc1Cl. The van der Waals surface area contributed by atoms with Crippen molar-refractivity contribution in [2.45, 2.75) is 51.6 Å². The van der Waals surface area contributed by atoms with Gasteiger partial charge in [-0.1, -0.05) is 43.5 Å². The molecule has 25 heavy (non-hydrogen) atoms. The molecule has 1 aromatic rings. The molecule has 0 radical (unpaired) electrons. The molecule has 1 fully saturated rings. The molecule has 138 valence electrons. The fraction of sp³-hybridized carbons (Fsp3) is 0.579. The van der Waals surface area contributed by atoms with Gasteiger partial charge in [-0.05, 0) is 37.8 Å². The van der Waals surface area contributed by atoms with Crippen molar-refractivity contribution in [3.8, 4) is 0 Å². The van der Waals surface area contributed by atoms with Crippen LogP contribution in [-0.2, 0) is 9.59 Å². The smallest absolute Gasteiger partial charge is 0.279 e. The number of amides is 2. The first-order valence-electron chi connectivity index (χ1n) is 9.05. The lowest BCUT2D eigenvalue weighted by Crippen LogP contribution is -3.15. The highest BCUT2D eigenvalue weighted by molar-refractivity contribution is 6.33. The van der Waals surface area contributed by atoms with Gasteiger partial charge in [0.2, 0.25) is 0 Å². The molecule has 0 aliphatic heterocycles. The largest absolute Gasteiger partial charge is 0.348 e. The molecule has 1 saturated carbocycles. The number of anilines is 1. The molecule has 0 aromatic heterocycles. The monoisotopic (exact) mass is 366 g/mol. The summed E-state index contributed by atoms with van der Waals surface area (Å²) < 4.78 is 0. The molecule has 1 aromatic carbocycles. The van der Waals surface area contributed by atoms with E-state index in [0.29, 0.717) is 16.6 Å². The molecule has 6 heteroatoms. The summed E-state index contributed by atoms with van der Waals surface area (Å²) in [5, 5.41) is 6.47. The summed E-state index contributed by atoms with van der Waals surface area (Å²) >= 11 is 6.05. The van der Waals surface area contributed by atoms with Gasteiger partial charge in [0.25, 0.3) is 11.8 Å². The average molecular weight is 367 g/mol. The van der Waals surface area contributed by atoms with Crippen molar-refractivity contribution >= 4 is 29.1 Å². The Hall–Kier alpha value is -1.59. The minimum Gasteiger partial charge on any atom is -0.348 e. The van der Waals surface area contributed by atoms with Crippen molar-refractivity contribution in [2.75, 3.05) is 18.9 Å². The quantitative estimate of drug-likeness (QED) is 0.719. The lowest BCUT2D eigenvalue weighted by Gasteiger charge is -2.31. The van der Waals surface area contributed by atoms with Gasteiger partial charge in [-0.3, -0.25) is 9.59 Å². The highest BCUT2D eigenvalue weighted by Gasteiger charge is 2.29. The molecule has 0 heterocycles. The van der Waals surface area contributed by atoms with E-state index in [1.165, 1.54) is 19.3 Å². The maximum atomic E-state index is 12.5. The summed E-state index contributed by atoms with van der Waals surface area (Å²) in [5.74, 6) is 0.381. The second-order valence-corrected chi connectivity index (χ2v) is 7.56. The fourth-order valence-electron chi connectivity index (χ4n) is 3.23. The number of likely N-dealkylation sites (N-methyl/N-ethyl adjacent to an activating group) is 1. The van der Waals surface area contributed by atoms with Crippen LogP contribution in [0.4, 0.5) is 5.69 Å². The van der Waals surface area contributed by atoms with Crippen molar-refractivity contribution in [2.24, 2.45) is 5.92 Å². The number of carbonyl (C=O) groups is 2. The standard InChI is InChI=1S/C19H28ClN3O2/c1-13-8-4-6-10-16(13)22-19(25)14(2)23(3)12-18(24)21-17-11-7-5-9-15(17)20/h5,7,9,11,13-14,16H,4,6,8,10,12H2,1-3H3,(H,21,24)(H,22,25)/p+1/t13-,14-,16-/m1/s1. The number of hydrogen-bond donors (Lipinski definition) is 3. The van der Waals surface area contributed by atoms with Gasteiger partial charge >= 0.3 is 0 Å². The van der Waals surface area contributed by atoms with Crippen molar-refractivity contribution < 1.29 is 14.5 Å². The number of nitrogens with one attached hydrogen (secondary N) is 3. The predicted molar refractivity (Wildman–Crippen MR) is 101 cm³/mol. The Balaban J connectivity index is 1.84. The molecular weight excluding hydrogens is 338 g/mol. The molecular formula is C19H29ClN3O2+. The summed E-state index contributed by atoms with van der Waals surface area (Å²) in [7, 11) is 1.86. The minimum atomic E-state index is -0.286. The van der Waals surface area contributed by atoms with Crippen molar-refractivity contribution in [1.82, 2.24) is 5.32 Å². The van der Waals surface area contributed by atoms with Crippen LogP contribution in [0.25, 0.3) is 0 Å². The first-order chi connectivity index (χ1) is 11.9. The van der Waals surface area contributed by atoms with Crippen molar-refractivity contribution in [3.63, 3.8) is 0 Å².